The third-order valence-electron chi connectivity index (χ3n) is 7.59. The van der Waals surface area contributed by atoms with Gasteiger partial charge in [0.1, 0.15) is 30.7 Å². The Morgan fingerprint density at radius 3 is 2.70 bits per heavy atom. The molecule has 1 aliphatic rings. The second-order valence-corrected chi connectivity index (χ2v) is 12.3. The predicted octanol–water partition coefficient (Wildman–Crippen LogP) is 5.29. The molecule has 3 amide bonds. The number of amides is 3. The molecule has 0 aliphatic carbocycles. The van der Waals surface area contributed by atoms with Crippen molar-refractivity contribution < 1.29 is 36.4 Å². The molecule has 3 N–H and O–H groups in total. The van der Waals surface area contributed by atoms with Gasteiger partial charge in [-0.05, 0) is 79.3 Å². The maximum Gasteiger partial charge on any atom is 0.414 e. The third-order valence-corrected chi connectivity index (χ3v) is 8.10. The molecule has 4 aromatic rings. The van der Waals surface area contributed by atoms with E-state index in [1.807, 2.05) is 55.6 Å². The zero-order valence-electron chi connectivity index (χ0n) is 25.3. The first-order valence-corrected chi connectivity index (χ1v) is 16.2. The summed E-state index contributed by atoms with van der Waals surface area (Å²) in [6.45, 7) is 4.90. The number of hydrogen-bond donors (Lipinski definition) is 3. The zero-order valence-corrected chi connectivity index (χ0v) is 26.1. The van der Waals surface area contributed by atoms with E-state index in [-0.39, 0.29) is 31.0 Å². The lowest BCUT2D eigenvalue weighted by atomic mass is 9.93. The molecule has 0 spiro atoms. The van der Waals surface area contributed by atoms with E-state index < -0.39 is 33.9 Å². The number of anilines is 2. The quantitative estimate of drug-likeness (QED) is 0.155. The molecule has 1 aliphatic heterocycles. The molecular formula is C32H34FN5O7S. The maximum atomic E-state index is 14.7. The fourth-order valence-electron chi connectivity index (χ4n) is 5.19. The van der Waals surface area contributed by atoms with Gasteiger partial charge in [-0.2, -0.15) is 13.5 Å². The van der Waals surface area contributed by atoms with Crippen molar-refractivity contribution in [2.24, 2.45) is 0 Å². The normalized spacial score (nSPS) is 12.7. The molecule has 0 fully saturated rings. The number of aromatic nitrogens is 2. The Labute approximate surface area is 265 Å². The van der Waals surface area contributed by atoms with E-state index >= 15 is 0 Å². The van der Waals surface area contributed by atoms with Crippen LogP contribution in [0.5, 0.6) is 5.75 Å². The summed E-state index contributed by atoms with van der Waals surface area (Å²) in [7, 11) is -4.39. The lowest BCUT2D eigenvalue weighted by Gasteiger charge is -2.30. The van der Waals surface area contributed by atoms with Crippen molar-refractivity contribution >= 4 is 33.6 Å². The van der Waals surface area contributed by atoms with E-state index in [0.29, 0.717) is 6.54 Å². The fraction of sp³-hybridized carbons (Fsp3) is 0.281. The molecule has 1 aromatic heterocycles. The highest BCUT2D eigenvalue weighted by atomic mass is 32.2. The summed E-state index contributed by atoms with van der Waals surface area (Å²) in [6, 6.07) is 14.5. The van der Waals surface area contributed by atoms with Gasteiger partial charge >= 0.3 is 12.1 Å². The van der Waals surface area contributed by atoms with Crippen molar-refractivity contribution in [1.82, 2.24) is 15.1 Å². The molecule has 5 rings (SSSR count). The topological polar surface area (TPSA) is 152 Å². The second-order valence-electron chi connectivity index (χ2n) is 10.8. The van der Waals surface area contributed by atoms with Gasteiger partial charge in [-0.25, -0.2) is 14.0 Å². The number of rotatable bonds is 10. The smallest absolute Gasteiger partial charge is 0.414 e. The molecule has 0 atom stereocenters. The van der Waals surface area contributed by atoms with Crippen LogP contribution in [0, 0.1) is 19.7 Å². The van der Waals surface area contributed by atoms with E-state index in [0.717, 1.165) is 52.1 Å². The lowest BCUT2D eigenvalue weighted by molar-refractivity contribution is 0.130. The minimum Gasteiger partial charge on any atom is -0.490 e. The Morgan fingerprint density at radius 1 is 1.09 bits per heavy atom. The van der Waals surface area contributed by atoms with Crippen LogP contribution in [-0.4, -0.2) is 60.5 Å². The van der Waals surface area contributed by atoms with Crippen molar-refractivity contribution in [1.29, 1.82) is 0 Å². The minimum atomic E-state index is -4.39. The Balaban J connectivity index is 1.24. The maximum absolute atomic E-state index is 14.7. The SMILES string of the molecule is Cc1cccc(OCCOC(=O)N2CCCc3c(-c4cnn(Cc5cc(NC(=O)NCS(=O)(=O)O)ccc5F)c4)cccc32)c1C. The highest BCUT2D eigenvalue weighted by Crippen LogP contribution is 2.36. The molecule has 0 bridgehead atoms. The summed E-state index contributed by atoms with van der Waals surface area (Å²) in [4.78, 5) is 26.7. The molecule has 0 unspecified atom stereocenters. The Morgan fingerprint density at radius 2 is 1.89 bits per heavy atom. The largest absolute Gasteiger partial charge is 0.490 e. The zero-order chi connectivity index (χ0) is 32.8. The van der Waals surface area contributed by atoms with Gasteiger partial charge in [-0.15, -0.1) is 0 Å². The summed E-state index contributed by atoms with van der Waals surface area (Å²) >= 11 is 0. The van der Waals surface area contributed by atoms with Gasteiger partial charge < -0.3 is 20.1 Å². The number of hydrogen-bond acceptors (Lipinski definition) is 7. The third kappa shape index (κ3) is 8.00. The molecular weight excluding hydrogens is 617 g/mol. The number of carbonyl (C=O) groups excluding carboxylic acids is 2. The van der Waals surface area contributed by atoms with Gasteiger partial charge in [0.15, 0.2) is 0 Å². The summed E-state index contributed by atoms with van der Waals surface area (Å²) in [5, 5.41) is 8.80. The summed E-state index contributed by atoms with van der Waals surface area (Å²) < 4.78 is 58.1. The van der Waals surface area contributed by atoms with E-state index in [4.69, 9.17) is 14.0 Å². The predicted molar refractivity (Wildman–Crippen MR) is 170 cm³/mol. The van der Waals surface area contributed by atoms with Crippen molar-refractivity contribution in [3.63, 3.8) is 0 Å². The lowest BCUT2D eigenvalue weighted by Crippen LogP contribution is -2.36. The molecule has 0 saturated carbocycles. The number of halogens is 1. The number of nitrogens with one attached hydrogen (secondary N) is 2. The number of carbonyl (C=O) groups is 2. The van der Waals surface area contributed by atoms with Crippen molar-refractivity contribution in [2.75, 3.05) is 35.9 Å². The van der Waals surface area contributed by atoms with Crippen LogP contribution in [0.3, 0.4) is 0 Å². The molecule has 242 valence electrons. The highest BCUT2D eigenvalue weighted by molar-refractivity contribution is 7.85. The van der Waals surface area contributed by atoms with E-state index in [1.165, 1.54) is 18.2 Å². The summed E-state index contributed by atoms with van der Waals surface area (Å²) in [6.07, 6.45) is 4.48. The molecule has 46 heavy (non-hydrogen) atoms. The van der Waals surface area contributed by atoms with Crippen LogP contribution in [0.1, 0.15) is 28.7 Å². The van der Waals surface area contributed by atoms with E-state index in [1.54, 1.807) is 22.0 Å². The van der Waals surface area contributed by atoms with E-state index in [9.17, 15) is 22.4 Å². The first kappa shape index (κ1) is 32.4. The number of aryl methyl sites for hydroxylation is 1. The van der Waals surface area contributed by atoms with Crippen LogP contribution in [0.15, 0.2) is 67.0 Å². The van der Waals surface area contributed by atoms with Gasteiger partial charge in [0, 0.05) is 29.6 Å². The van der Waals surface area contributed by atoms with Crippen LogP contribution >= 0.6 is 0 Å². The number of fused-ring (bicyclic) bond motifs is 1. The number of nitrogens with zero attached hydrogens (tertiary/aromatic N) is 3. The highest BCUT2D eigenvalue weighted by Gasteiger charge is 2.26. The molecule has 3 aromatic carbocycles. The monoisotopic (exact) mass is 651 g/mol. The second kappa shape index (κ2) is 14.0. The van der Waals surface area contributed by atoms with Crippen molar-refractivity contribution in [3.8, 4) is 16.9 Å². The molecule has 2 heterocycles. The molecule has 14 heteroatoms. The van der Waals surface area contributed by atoms with Crippen molar-refractivity contribution in [3.05, 3.63) is 95.1 Å². The average Bonchev–Trinajstić information content (AvgIpc) is 3.49. The van der Waals surface area contributed by atoms with E-state index in [2.05, 4.69) is 10.4 Å². The van der Waals surface area contributed by atoms with Gasteiger partial charge in [0.25, 0.3) is 10.1 Å². The Hall–Kier alpha value is -4.95. The molecule has 0 saturated heterocycles. The average molecular weight is 652 g/mol. The van der Waals surface area contributed by atoms with Crippen molar-refractivity contribution in [2.45, 2.75) is 33.2 Å². The first-order valence-electron chi connectivity index (χ1n) is 14.5. The molecule has 0 radical (unpaired) electrons. The van der Waals surface area contributed by atoms with Gasteiger partial charge in [0.05, 0.1) is 18.4 Å². The van der Waals surface area contributed by atoms with Crippen LogP contribution in [0.2, 0.25) is 0 Å². The number of urea groups is 1. The first-order chi connectivity index (χ1) is 22.0. The van der Waals surface area contributed by atoms with Gasteiger partial charge in [-0.3, -0.25) is 14.1 Å². The Kier molecular flexibility index (Phi) is 9.87. The number of benzene rings is 3. The van der Waals surface area contributed by atoms with Crippen LogP contribution in [-0.2, 0) is 27.8 Å². The van der Waals surface area contributed by atoms with Crippen LogP contribution in [0.4, 0.5) is 25.4 Å². The number of ether oxygens (including phenoxy) is 2. The standard InChI is InChI=1S/C32H34FN5O7S/c1-21-6-3-10-30(22(21)2)44-14-15-45-32(40)38-13-5-8-27-26(7-4-9-29(27)38)24-17-35-37(19-24)18-23-16-25(11-12-28(23)33)36-31(39)34-20-46(41,42)43/h3-4,6-7,9-12,16-17,19H,5,8,13-15,18,20H2,1-2H3,(H2,34,36,39)(H,41,42,43). The fourth-order valence-corrected chi connectivity index (χ4v) is 5.51. The van der Waals surface area contributed by atoms with Gasteiger partial charge in [0.2, 0.25) is 0 Å². The summed E-state index contributed by atoms with van der Waals surface area (Å²) in [5.41, 5.74) is 6.04. The summed E-state index contributed by atoms with van der Waals surface area (Å²) in [5.74, 6) is -0.724. The van der Waals surface area contributed by atoms with Crippen LogP contribution < -0.4 is 20.3 Å². The van der Waals surface area contributed by atoms with Crippen LogP contribution in [0.25, 0.3) is 11.1 Å². The van der Waals surface area contributed by atoms with Gasteiger partial charge in [-0.1, -0.05) is 24.3 Å². The Bertz CT molecular complexity index is 1860. The molecule has 12 nitrogen and oxygen atoms in total. The minimum absolute atomic E-state index is 0.0472.